The lowest BCUT2D eigenvalue weighted by atomic mass is 10.1. The Labute approximate surface area is 236 Å². The fourth-order valence-electron chi connectivity index (χ4n) is 3.15. The zero-order valence-corrected chi connectivity index (χ0v) is 23.4. The second-order valence-corrected chi connectivity index (χ2v) is 10.2. The first-order valence-electron chi connectivity index (χ1n) is 11.9. The third-order valence-corrected chi connectivity index (χ3v) is 5.72. The number of para-hydroxylation sites is 1. The van der Waals surface area contributed by atoms with Crippen molar-refractivity contribution in [3.8, 4) is 17.2 Å². The summed E-state index contributed by atoms with van der Waals surface area (Å²) in [6.07, 6.45) is 0. The summed E-state index contributed by atoms with van der Waals surface area (Å²) < 4.78 is 27.4. The molecule has 0 fully saturated rings. The number of carbonyl (C=O) groups is 3. The van der Waals surface area contributed by atoms with Crippen molar-refractivity contribution < 1.29 is 38.1 Å². The number of benzene rings is 3. The highest BCUT2D eigenvalue weighted by Gasteiger charge is 2.34. The molecular weight excluding hydrogens is 547 g/mol. The summed E-state index contributed by atoms with van der Waals surface area (Å²) in [5, 5.41) is 1.07. The molecule has 0 aliphatic rings. The molecule has 3 aromatic carbocycles. The van der Waals surface area contributed by atoms with E-state index in [2.05, 4.69) is 0 Å². The first-order valence-corrected chi connectivity index (χ1v) is 12.7. The highest BCUT2D eigenvalue weighted by molar-refractivity contribution is 6.30. The maximum Gasteiger partial charge on any atom is 0.355 e. The van der Waals surface area contributed by atoms with E-state index >= 15 is 0 Å². The second kappa shape index (κ2) is 12.9. The van der Waals surface area contributed by atoms with Crippen LogP contribution < -0.4 is 14.2 Å². The molecular formula is C29H28Cl2O8. The van der Waals surface area contributed by atoms with E-state index in [0.29, 0.717) is 21.5 Å². The first kappa shape index (κ1) is 29.8. The molecule has 0 aliphatic carbocycles. The van der Waals surface area contributed by atoms with Crippen LogP contribution in [0.4, 0.5) is 0 Å². The van der Waals surface area contributed by atoms with Gasteiger partial charge in [0.15, 0.2) is 5.60 Å². The Morgan fingerprint density at radius 2 is 1.10 bits per heavy atom. The van der Waals surface area contributed by atoms with Crippen molar-refractivity contribution in [2.75, 3.05) is 13.2 Å². The van der Waals surface area contributed by atoms with Gasteiger partial charge in [-0.2, -0.15) is 0 Å². The summed E-state index contributed by atoms with van der Waals surface area (Å²) in [6, 6.07) is 19.2. The molecule has 0 aromatic heterocycles. The number of rotatable bonds is 11. The Kier molecular flexibility index (Phi) is 9.83. The number of hydrogen-bond acceptors (Lipinski definition) is 8. The van der Waals surface area contributed by atoms with Gasteiger partial charge in [0.25, 0.3) is 0 Å². The Morgan fingerprint density at radius 1 is 0.641 bits per heavy atom. The number of halogens is 2. The van der Waals surface area contributed by atoms with E-state index in [1.165, 1.54) is 26.0 Å². The summed E-state index contributed by atoms with van der Waals surface area (Å²) in [6.45, 7) is 5.75. The van der Waals surface area contributed by atoms with Gasteiger partial charge in [-0.1, -0.05) is 35.3 Å². The molecule has 0 bridgehead atoms. The molecule has 39 heavy (non-hydrogen) atoms. The molecule has 0 amide bonds. The fraction of sp³-hybridized carbons (Fsp3) is 0.276. The van der Waals surface area contributed by atoms with Crippen LogP contribution >= 0.6 is 23.2 Å². The molecule has 0 radical (unpaired) electrons. The van der Waals surface area contributed by atoms with Gasteiger partial charge in [-0.3, -0.25) is 0 Å². The smallest absolute Gasteiger partial charge is 0.355 e. The van der Waals surface area contributed by atoms with Crippen molar-refractivity contribution >= 4 is 41.1 Å². The van der Waals surface area contributed by atoms with Gasteiger partial charge in [0.1, 0.15) is 36.0 Å². The predicted molar refractivity (Wildman–Crippen MR) is 146 cm³/mol. The van der Waals surface area contributed by atoms with Crippen LogP contribution in [0, 0.1) is 0 Å². The molecule has 0 saturated heterocycles. The number of ether oxygens (including phenoxy) is 5. The molecule has 3 aromatic rings. The normalized spacial score (nSPS) is 11.3. The lowest BCUT2D eigenvalue weighted by molar-refractivity contribution is -0.160. The van der Waals surface area contributed by atoms with Crippen LogP contribution in [-0.4, -0.2) is 42.3 Å². The number of hydrogen-bond donors (Lipinski definition) is 0. The highest BCUT2D eigenvalue weighted by Crippen LogP contribution is 2.25. The first-order chi connectivity index (χ1) is 18.4. The number of carbonyl (C=O) groups excluding carboxylic acids is 3. The van der Waals surface area contributed by atoms with E-state index in [1.807, 2.05) is 0 Å². The zero-order valence-electron chi connectivity index (χ0n) is 21.9. The molecule has 0 N–H and O–H groups in total. The Balaban J connectivity index is 1.53. The van der Waals surface area contributed by atoms with Crippen molar-refractivity contribution in [3.63, 3.8) is 0 Å². The molecule has 8 nitrogen and oxygen atoms in total. The van der Waals surface area contributed by atoms with Crippen LogP contribution in [0.5, 0.6) is 17.2 Å². The van der Waals surface area contributed by atoms with Gasteiger partial charge in [-0.25, -0.2) is 14.4 Å². The molecule has 10 heteroatoms. The van der Waals surface area contributed by atoms with Crippen molar-refractivity contribution in [1.29, 1.82) is 0 Å². The van der Waals surface area contributed by atoms with Crippen LogP contribution in [0.25, 0.3) is 0 Å². The third kappa shape index (κ3) is 8.63. The van der Waals surface area contributed by atoms with Crippen LogP contribution in [0.3, 0.4) is 0 Å². The van der Waals surface area contributed by atoms with Gasteiger partial charge in [0.2, 0.25) is 5.60 Å². The Bertz CT molecular complexity index is 1300. The minimum absolute atomic E-state index is 0.00484. The molecule has 0 saturated carbocycles. The van der Waals surface area contributed by atoms with Gasteiger partial charge >= 0.3 is 17.9 Å². The Hall–Kier alpha value is -3.75. The van der Waals surface area contributed by atoms with E-state index in [9.17, 15) is 14.4 Å². The maximum atomic E-state index is 12.9. The van der Waals surface area contributed by atoms with Crippen LogP contribution in [0.2, 0.25) is 10.0 Å². The monoisotopic (exact) mass is 574 g/mol. The molecule has 3 rings (SSSR count). The van der Waals surface area contributed by atoms with Crippen molar-refractivity contribution in [1.82, 2.24) is 0 Å². The van der Waals surface area contributed by atoms with Gasteiger partial charge in [0.05, 0.1) is 0 Å². The van der Waals surface area contributed by atoms with E-state index in [4.69, 9.17) is 46.9 Å². The average Bonchev–Trinajstić information content (AvgIpc) is 2.89. The van der Waals surface area contributed by atoms with Crippen LogP contribution in [-0.2, 0) is 19.1 Å². The van der Waals surface area contributed by atoms with Crippen molar-refractivity contribution in [3.05, 3.63) is 88.4 Å². The minimum atomic E-state index is -1.38. The highest BCUT2D eigenvalue weighted by atomic mass is 35.5. The topological polar surface area (TPSA) is 97.4 Å². The van der Waals surface area contributed by atoms with E-state index in [1.54, 1.807) is 74.5 Å². The predicted octanol–water partition coefficient (Wildman–Crippen LogP) is 6.31. The van der Waals surface area contributed by atoms with Crippen LogP contribution in [0.1, 0.15) is 38.1 Å². The molecule has 0 heterocycles. The number of esters is 3. The lowest BCUT2D eigenvalue weighted by Gasteiger charge is -2.25. The van der Waals surface area contributed by atoms with Gasteiger partial charge in [0, 0.05) is 10.0 Å². The summed E-state index contributed by atoms with van der Waals surface area (Å²) >= 11 is 11.8. The lowest BCUT2D eigenvalue weighted by Crippen LogP contribution is -2.41. The minimum Gasteiger partial charge on any atom is -0.476 e. The molecule has 206 valence electrons. The quantitative estimate of drug-likeness (QED) is 0.149. The van der Waals surface area contributed by atoms with Gasteiger partial charge in [-0.05, 0) is 88.4 Å². The van der Waals surface area contributed by atoms with Crippen LogP contribution in [0.15, 0.2) is 72.8 Å². The third-order valence-electron chi connectivity index (χ3n) is 5.22. The van der Waals surface area contributed by atoms with E-state index in [-0.39, 0.29) is 24.5 Å². The SMILES string of the molecule is CC(C)(Oc1ccc(Cl)cc1)C(=O)OCCOC(=O)c1ccccc1OC(=O)C(C)(C)Oc1ccc(Cl)cc1. The van der Waals surface area contributed by atoms with Crippen molar-refractivity contribution in [2.45, 2.75) is 38.9 Å². The standard InChI is InChI=1S/C29H28Cl2O8/c1-28(2,38-21-13-9-19(30)10-14-21)26(33)36-18-17-35-25(32)23-7-5-6-8-24(23)37-27(34)29(3,4)39-22-15-11-20(31)12-16-22/h5-16H,17-18H2,1-4H3. The summed E-state index contributed by atoms with van der Waals surface area (Å²) in [4.78, 5) is 38.0. The average molecular weight is 575 g/mol. The second-order valence-electron chi connectivity index (χ2n) is 9.29. The molecule has 0 aliphatic heterocycles. The summed E-state index contributed by atoms with van der Waals surface area (Å²) in [5.74, 6) is -1.27. The fourth-order valence-corrected chi connectivity index (χ4v) is 3.40. The zero-order chi connectivity index (χ0) is 28.6. The van der Waals surface area contributed by atoms with Gasteiger partial charge in [-0.15, -0.1) is 0 Å². The summed E-state index contributed by atoms with van der Waals surface area (Å²) in [7, 11) is 0. The largest absolute Gasteiger partial charge is 0.476 e. The maximum absolute atomic E-state index is 12.9. The molecule has 0 unspecified atom stereocenters. The Morgan fingerprint density at radius 3 is 1.64 bits per heavy atom. The summed E-state index contributed by atoms with van der Waals surface area (Å²) in [5.41, 5.74) is -2.65. The van der Waals surface area contributed by atoms with E-state index in [0.717, 1.165) is 0 Å². The van der Waals surface area contributed by atoms with Crippen molar-refractivity contribution in [2.24, 2.45) is 0 Å². The molecule has 0 spiro atoms. The van der Waals surface area contributed by atoms with E-state index < -0.39 is 29.1 Å². The molecule has 0 atom stereocenters. The van der Waals surface area contributed by atoms with Gasteiger partial charge < -0.3 is 23.7 Å².